The molecule has 1 aromatic carbocycles. The van der Waals surface area contributed by atoms with Gasteiger partial charge in [0.2, 0.25) is 0 Å². The number of fused-ring (bicyclic) bond motifs is 1. The number of carbonyl (C=O) groups excluding carboxylic acids is 1. The molecule has 5 rings (SSSR count). The summed E-state index contributed by atoms with van der Waals surface area (Å²) in [5.74, 6) is -0.472. The summed E-state index contributed by atoms with van der Waals surface area (Å²) in [4.78, 5) is 25.8. The van der Waals surface area contributed by atoms with Gasteiger partial charge in [0.15, 0.2) is 16.6 Å². The van der Waals surface area contributed by atoms with Crippen molar-refractivity contribution in [3.05, 3.63) is 90.5 Å². The van der Waals surface area contributed by atoms with Crippen LogP contribution in [0.4, 0.5) is 15.3 Å². The van der Waals surface area contributed by atoms with E-state index in [-0.39, 0.29) is 5.69 Å². The van der Waals surface area contributed by atoms with Crippen LogP contribution in [0.25, 0.3) is 10.8 Å². The number of carbonyl (C=O) groups is 1. The molecule has 0 aliphatic rings. The third-order valence-electron chi connectivity index (χ3n) is 4.69. The van der Waals surface area contributed by atoms with E-state index in [2.05, 4.69) is 20.3 Å². The lowest BCUT2D eigenvalue weighted by Gasteiger charge is -2.06. The van der Waals surface area contributed by atoms with Gasteiger partial charge in [-0.1, -0.05) is 47.4 Å². The maximum Gasteiger partial charge on any atom is 0.283 e. The van der Waals surface area contributed by atoms with Crippen LogP contribution in [0.1, 0.15) is 16.1 Å². The van der Waals surface area contributed by atoms with Crippen LogP contribution in [0.3, 0.4) is 0 Å². The molecule has 0 unspecified atom stereocenters. The van der Waals surface area contributed by atoms with Gasteiger partial charge in [-0.05, 0) is 41.5 Å². The van der Waals surface area contributed by atoms with Crippen LogP contribution < -0.4 is 5.32 Å². The maximum absolute atomic E-state index is 15.2. The zero-order valence-electron chi connectivity index (χ0n) is 16.8. The van der Waals surface area contributed by atoms with Crippen LogP contribution in [-0.4, -0.2) is 25.4 Å². The fraction of sp³-hybridized carbons (Fsp3) is 0.0435. The summed E-state index contributed by atoms with van der Waals surface area (Å²) in [6, 6.07) is 13.0. The highest BCUT2D eigenvalue weighted by atomic mass is 32.2. The first-order chi connectivity index (χ1) is 15.6. The van der Waals surface area contributed by atoms with Crippen molar-refractivity contribution in [1.29, 1.82) is 0 Å². The Morgan fingerprint density at radius 1 is 1.06 bits per heavy atom. The topological polar surface area (TPSA) is 72.7 Å². The minimum absolute atomic E-state index is 0.220. The summed E-state index contributed by atoms with van der Waals surface area (Å²) in [5, 5.41) is 5.60. The molecule has 0 spiro atoms. The lowest BCUT2D eigenvalue weighted by molar-refractivity contribution is 0.0950. The number of hydrogen-bond acceptors (Lipinski definition) is 7. The molecular weight excluding hydrogens is 445 g/mol. The Labute approximate surface area is 191 Å². The Hall–Kier alpha value is -3.56. The van der Waals surface area contributed by atoms with E-state index < -0.39 is 11.7 Å². The summed E-state index contributed by atoms with van der Waals surface area (Å²) >= 11 is 2.57. The summed E-state index contributed by atoms with van der Waals surface area (Å²) in [6.45, 7) is 1.98. The quantitative estimate of drug-likeness (QED) is 0.350. The van der Waals surface area contributed by atoms with Gasteiger partial charge in [0.25, 0.3) is 5.91 Å². The van der Waals surface area contributed by atoms with Crippen LogP contribution in [0, 0.1) is 12.7 Å². The number of hydrogen-bond donors (Lipinski definition) is 1. The minimum Gasteiger partial charge on any atom is -0.316 e. The molecule has 0 saturated carbocycles. The highest BCUT2D eigenvalue weighted by molar-refractivity contribution is 8.01. The van der Waals surface area contributed by atoms with Crippen molar-refractivity contribution >= 4 is 50.7 Å². The lowest BCUT2D eigenvalue weighted by Crippen LogP contribution is -2.14. The molecule has 6 nitrogen and oxygen atoms in total. The van der Waals surface area contributed by atoms with Gasteiger partial charge in [-0.25, -0.2) is 19.3 Å². The summed E-state index contributed by atoms with van der Waals surface area (Å²) < 4.78 is 17.3. The van der Waals surface area contributed by atoms with E-state index in [0.717, 1.165) is 20.5 Å². The van der Waals surface area contributed by atoms with Crippen LogP contribution in [0.15, 0.2) is 82.6 Å². The SMILES string of the molecule is Cc1ccnc(Nc2ncc(Sc3ccnc(C(=O)n4cc5ccccc5c4)c3F)s2)c1. The fourth-order valence-corrected chi connectivity index (χ4v) is 5.03. The molecule has 4 heterocycles. The van der Waals surface area contributed by atoms with E-state index in [1.807, 2.05) is 43.3 Å². The number of nitrogens with one attached hydrogen (secondary N) is 1. The molecule has 0 atom stereocenters. The molecule has 0 aliphatic carbocycles. The molecule has 0 fully saturated rings. The fourth-order valence-electron chi connectivity index (χ4n) is 3.16. The highest BCUT2D eigenvalue weighted by Crippen LogP contribution is 2.36. The van der Waals surface area contributed by atoms with Gasteiger partial charge in [-0.3, -0.25) is 9.36 Å². The number of aromatic nitrogens is 4. The average molecular weight is 462 g/mol. The van der Waals surface area contributed by atoms with Crippen molar-refractivity contribution in [2.45, 2.75) is 16.0 Å². The molecule has 0 saturated heterocycles. The number of pyridine rings is 2. The Morgan fingerprint density at radius 3 is 2.56 bits per heavy atom. The van der Waals surface area contributed by atoms with Gasteiger partial charge in [0.05, 0.1) is 15.3 Å². The molecule has 4 aromatic heterocycles. The van der Waals surface area contributed by atoms with E-state index in [0.29, 0.717) is 15.8 Å². The number of nitrogens with zero attached hydrogens (tertiary/aromatic N) is 4. The van der Waals surface area contributed by atoms with E-state index in [9.17, 15) is 4.79 Å². The van der Waals surface area contributed by atoms with Crippen LogP contribution in [0.2, 0.25) is 0 Å². The van der Waals surface area contributed by atoms with Crippen molar-refractivity contribution in [2.75, 3.05) is 5.32 Å². The number of thiazole rings is 1. The van der Waals surface area contributed by atoms with Gasteiger partial charge < -0.3 is 5.32 Å². The van der Waals surface area contributed by atoms with Gasteiger partial charge in [-0.2, -0.15) is 0 Å². The third kappa shape index (κ3) is 4.12. The number of rotatable bonds is 5. The Bertz CT molecular complexity index is 1410. The first-order valence-electron chi connectivity index (χ1n) is 9.66. The van der Waals surface area contributed by atoms with Crippen molar-refractivity contribution in [3.63, 3.8) is 0 Å². The molecule has 0 aliphatic heterocycles. The predicted molar refractivity (Wildman–Crippen MR) is 124 cm³/mol. The van der Waals surface area contributed by atoms with Crippen molar-refractivity contribution in [3.8, 4) is 0 Å². The van der Waals surface area contributed by atoms with E-state index in [1.165, 1.54) is 33.9 Å². The smallest absolute Gasteiger partial charge is 0.283 e. The van der Waals surface area contributed by atoms with Gasteiger partial charge >= 0.3 is 0 Å². The molecule has 5 aromatic rings. The molecule has 158 valence electrons. The molecule has 1 N–H and O–H groups in total. The molecule has 0 bridgehead atoms. The van der Waals surface area contributed by atoms with Gasteiger partial charge in [0, 0.05) is 24.8 Å². The second-order valence-electron chi connectivity index (χ2n) is 7.00. The van der Waals surface area contributed by atoms with Crippen molar-refractivity contribution in [1.82, 2.24) is 19.5 Å². The first-order valence-corrected chi connectivity index (χ1v) is 11.3. The van der Waals surface area contributed by atoms with Gasteiger partial charge in [-0.15, -0.1) is 0 Å². The predicted octanol–water partition coefficient (Wildman–Crippen LogP) is 5.92. The number of anilines is 2. The Balaban J connectivity index is 1.37. The Kier molecular flexibility index (Phi) is 5.42. The monoisotopic (exact) mass is 461 g/mol. The lowest BCUT2D eigenvalue weighted by atomic mass is 10.2. The summed E-state index contributed by atoms with van der Waals surface area (Å²) in [5.41, 5.74) is 0.863. The average Bonchev–Trinajstić information content (AvgIpc) is 3.41. The van der Waals surface area contributed by atoms with Crippen LogP contribution in [0.5, 0.6) is 0 Å². The number of halogens is 1. The zero-order chi connectivity index (χ0) is 22.1. The standard InChI is InChI=1S/C23H16FN5OS2/c1-14-6-8-25-18(10-14)28-23-27-11-19(32-23)31-17-7-9-26-21(20(17)24)22(30)29-12-15-4-2-3-5-16(15)13-29/h2-13H,1H3,(H,25,27,28). The molecule has 9 heteroatoms. The normalized spacial score (nSPS) is 11.1. The second-order valence-corrected chi connectivity index (χ2v) is 9.37. The highest BCUT2D eigenvalue weighted by Gasteiger charge is 2.20. The molecular formula is C23H16FN5OS2. The van der Waals surface area contributed by atoms with Gasteiger partial charge in [0.1, 0.15) is 5.82 Å². The number of benzene rings is 1. The van der Waals surface area contributed by atoms with E-state index >= 15 is 4.39 Å². The van der Waals surface area contributed by atoms with Crippen molar-refractivity contribution in [2.24, 2.45) is 0 Å². The maximum atomic E-state index is 15.2. The van der Waals surface area contributed by atoms with E-state index in [1.54, 1.807) is 30.9 Å². The largest absolute Gasteiger partial charge is 0.316 e. The third-order valence-corrected chi connectivity index (χ3v) is 6.74. The van der Waals surface area contributed by atoms with Crippen LogP contribution in [-0.2, 0) is 0 Å². The summed E-state index contributed by atoms with van der Waals surface area (Å²) in [6.07, 6.45) is 8.18. The second kappa shape index (κ2) is 8.52. The van der Waals surface area contributed by atoms with Crippen LogP contribution >= 0.6 is 23.1 Å². The van der Waals surface area contributed by atoms with E-state index in [4.69, 9.17) is 0 Å². The first kappa shape index (κ1) is 20.3. The molecule has 0 radical (unpaired) electrons. The zero-order valence-corrected chi connectivity index (χ0v) is 18.5. The summed E-state index contributed by atoms with van der Waals surface area (Å²) in [7, 11) is 0. The van der Waals surface area contributed by atoms with Crippen molar-refractivity contribution < 1.29 is 9.18 Å². The minimum atomic E-state index is -0.650. The molecule has 32 heavy (non-hydrogen) atoms. The number of aryl methyl sites for hydroxylation is 1. The molecule has 0 amide bonds. The Morgan fingerprint density at radius 2 is 1.81 bits per heavy atom.